The van der Waals surface area contributed by atoms with Crippen LogP contribution >= 0.6 is 0 Å². The van der Waals surface area contributed by atoms with Crippen molar-refractivity contribution < 1.29 is 19.7 Å². The predicted octanol–water partition coefficient (Wildman–Crippen LogP) is 0.746. The summed E-state index contributed by atoms with van der Waals surface area (Å²) in [6.07, 6.45) is 8.56. The van der Waals surface area contributed by atoms with Crippen molar-refractivity contribution in [2.45, 2.75) is 43.9 Å². The molecule has 1 heterocycles. The van der Waals surface area contributed by atoms with Crippen LogP contribution in [0.15, 0.2) is 24.3 Å². The molecule has 2 rings (SSSR count). The average Bonchev–Trinajstić information content (AvgIpc) is 2.29. The first kappa shape index (κ1) is 11.8. The minimum atomic E-state index is -0.445. The first-order chi connectivity index (χ1) is 7.78. The molecule has 0 aromatic heterocycles. The number of hydrogen-bond acceptors (Lipinski definition) is 4. The first-order valence-corrected chi connectivity index (χ1v) is 5.71. The van der Waals surface area contributed by atoms with Gasteiger partial charge in [-0.2, -0.15) is 0 Å². The van der Waals surface area contributed by atoms with Crippen molar-refractivity contribution in [1.29, 1.82) is 0 Å². The largest absolute Gasteiger partial charge is 0.394 e. The summed E-state index contributed by atoms with van der Waals surface area (Å²) in [7, 11) is 0. The molecule has 0 spiro atoms. The van der Waals surface area contributed by atoms with E-state index in [0.717, 1.165) is 6.42 Å². The Hall–Kier alpha value is -0.680. The number of rotatable bonds is 3. The molecule has 4 nitrogen and oxygen atoms in total. The standard InChI is InChI=1S/C12H18O4/c13-8-11-6-9(14)7-12(16-11)15-10-4-2-1-3-5-10/h1-4,9-14H,5-8H2/t9-,10?,11-,12+/m0/s1. The van der Waals surface area contributed by atoms with E-state index in [-0.39, 0.29) is 18.8 Å². The SMILES string of the molecule is OC[C@@H]1C[C@H](O)C[C@H](OC2C=CC=CC2)O1. The van der Waals surface area contributed by atoms with E-state index in [1.54, 1.807) is 0 Å². The molecular formula is C12H18O4. The van der Waals surface area contributed by atoms with E-state index < -0.39 is 12.4 Å². The number of ether oxygens (including phenoxy) is 2. The Morgan fingerprint density at radius 1 is 1.31 bits per heavy atom. The number of allylic oxidation sites excluding steroid dienone is 2. The van der Waals surface area contributed by atoms with Crippen molar-refractivity contribution in [3.05, 3.63) is 24.3 Å². The number of hydrogen-bond donors (Lipinski definition) is 2. The van der Waals surface area contributed by atoms with Crippen LogP contribution in [0.4, 0.5) is 0 Å². The van der Waals surface area contributed by atoms with Gasteiger partial charge in [0, 0.05) is 12.8 Å². The lowest BCUT2D eigenvalue weighted by atomic mass is 10.1. The summed E-state index contributed by atoms with van der Waals surface area (Å²) in [5, 5.41) is 18.6. The highest BCUT2D eigenvalue weighted by atomic mass is 16.7. The third-order valence-corrected chi connectivity index (χ3v) is 2.82. The van der Waals surface area contributed by atoms with Gasteiger partial charge in [-0.1, -0.05) is 24.3 Å². The zero-order valence-electron chi connectivity index (χ0n) is 9.16. The lowest BCUT2D eigenvalue weighted by Gasteiger charge is -2.33. The van der Waals surface area contributed by atoms with Crippen molar-refractivity contribution in [2.75, 3.05) is 6.61 Å². The average molecular weight is 226 g/mol. The van der Waals surface area contributed by atoms with Gasteiger partial charge in [0.1, 0.15) is 0 Å². The molecule has 90 valence electrons. The molecule has 4 atom stereocenters. The van der Waals surface area contributed by atoms with Gasteiger partial charge in [0.15, 0.2) is 6.29 Å². The Labute approximate surface area is 95.2 Å². The van der Waals surface area contributed by atoms with Crippen LogP contribution in [0.5, 0.6) is 0 Å². The maximum atomic E-state index is 9.61. The Balaban J connectivity index is 1.84. The lowest BCUT2D eigenvalue weighted by Crippen LogP contribution is -2.40. The van der Waals surface area contributed by atoms with E-state index >= 15 is 0 Å². The summed E-state index contributed by atoms with van der Waals surface area (Å²) in [6, 6.07) is 0. The highest BCUT2D eigenvalue weighted by Gasteiger charge is 2.29. The summed E-state index contributed by atoms with van der Waals surface area (Å²) in [5.41, 5.74) is 0. The topological polar surface area (TPSA) is 58.9 Å². The molecule has 1 aliphatic carbocycles. The minimum Gasteiger partial charge on any atom is -0.394 e. The summed E-state index contributed by atoms with van der Waals surface area (Å²) < 4.78 is 11.2. The highest BCUT2D eigenvalue weighted by Crippen LogP contribution is 2.23. The van der Waals surface area contributed by atoms with Gasteiger partial charge in [0.25, 0.3) is 0 Å². The van der Waals surface area contributed by atoms with Crippen LogP contribution in [0.3, 0.4) is 0 Å². The van der Waals surface area contributed by atoms with Gasteiger partial charge in [-0.25, -0.2) is 0 Å². The predicted molar refractivity (Wildman–Crippen MR) is 58.8 cm³/mol. The second-order valence-corrected chi connectivity index (χ2v) is 4.22. The third-order valence-electron chi connectivity index (χ3n) is 2.82. The fourth-order valence-corrected chi connectivity index (χ4v) is 2.01. The Morgan fingerprint density at radius 3 is 2.88 bits per heavy atom. The Kier molecular flexibility index (Phi) is 4.12. The van der Waals surface area contributed by atoms with Gasteiger partial charge < -0.3 is 19.7 Å². The van der Waals surface area contributed by atoms with E-state index in [0.29, 0.717) is 12.8 Å². The molecule has 0 bridgehead atoms. The molecule has 4 heteroatoms. The third kappa shape index (κ3) is 3.15. The van der Waals surface area contributed by atoms with Crippen molar-refractivity contribution in [1.82, 2.24) is 0 Å². The molecule has 1 fully saturated rings. The van der Waals surface area contributed by atoms with E-state index in [9.17, 15) is 5.11 Å². The molecule has 1 saturated heterocycles. The van der Waals surface area contributed by atoms with Crippen LogP contribution in [0.2, 0.25) is 0 Å². The molecule has 1 aliphatic heterocycles. The van der Waals surface area contributed by atoms with Crippen LogP contribution in [0, 0.1) is 0 Å². The van der Waals surface area contributed by atoms with Crippen LogP contribution in [-0.4, -0.2) is 41.4 Å². The first-order valence-electron chi connectivity index (χ1n) is 5.71. The van der Waals surface area contributed by atoms with E-state index in [4.69, 9.17) is 14.6 Å². The number of aliphatic hydroxyl groups excluding tert-OH is 2. The van der Waals surface area contributed by atoms with Crippen LogP contribution in [0.1, 0.15) is 19.3 Å². The zero-order valence-corrected chi connectivity index (χ0v) is 9.16. The molecule has 0 aromatic carbocycles. The summed E-state index contributed by atoms with van der Waals surface area (Å²) >= 11 is 0. The summed E-state index contributed by atoms with van der Waals surface area (Å²) in [6.45, 7) is -0.0721. The van der Waals surface area contributed by atoms with Crippen LogP contribution < -0.4 is 0 Å². The molecule has 0 saturated carbocycles. The van der Waals surface area contributed by atoms with E-state index in [1.165, 1.54) is 0 Å². The summed E-state index contributed by atoms with van der Waals surface area (Å²) in [5.74, 6) is 0. The van der Waals surface area contributed by atoms with Gasteiger partial charge in [-0.05, 0) is 6.42 Å². The quantitative estimate of drug-likeness (QED) is 0.745. The molecule has 2 N–H and O–H groups in total. The van der Waals surface area contributed by atoms with Gasteiger partial charge in [-0.3, -0.25) is 0 Å². The van der Waals surface area contributed by atoms with Crippen molar-refractivity contribution >= 4 is 0 Å². The number of aliphatic hydroxyl groups is 2. The smallest absolute Gasteiger partial charge is 0.161 e. The monoisotopic (exact) mass is 226 g/mol. The fourth-order valence-electron chi connectivity index (χ4n) is 2.01. The Bertz CT molecular complexity index is 274. The van der Waals surface area contributed by atoms with Crippen molar-refractivity contribution in [3.63, 3.8) is 0 Å². The van der Waals surface area contributed by atoms with E-state index in [2.05, 4.69) is 0 Å². The minimum absolute atomic E-state index is 0.0136. The van der Waals surface area contributed by atoms with E-state index in [1.807, 2.05) is 24.3 Å². The second-order valence-electron chi connectivity index (χ2n) is 4.22. The molecular weight excluding hydrogens is 208 g/mol. The molecule has 0 amide bonds. The lowest BCUT2D eigenvalue weighted by molar-refractivity contribution is -0.231. The second kappa shape index (κ2) is 5.59. The van der Waals surface area contributed by atoms with Gasteiger partial charge in [0.05, 0.1) is 24.9 Å². The highest BCUT2D eigenvalue weighted by molar-refractivity contribution is 5.11. The van der Waals surface area contributed by atoms with Gasteiger partial charge in [0.2, 0.25) is 0 Å². The Morgan fingerprint density at radius 2 is 2.19 bits per heavy atom. The van der Waals surface area contributed by atoms with Crippen LogP contribution in [-0.2, 0) is 9.47 Å². The molecule has 2 aliphatic rings. The zero-order chi connectivity index (χ0) is 11.4. The molecule has 16 heavy (non-hydrogen) atoms. The summed E-state index contributed by atoms with van der Waals surface area (Å²) in [4.78, 5) is 0. The normalized spacial score (nSPS) is 38.9. The molecule has 0 radical (unpaired) electrons. The fraction of sp³-hybridized carbons (Fsp3) is 0.667. The van der Waals surface area contributed by atoms with Crippen molar-refractivity contribution in [3.8, 4) is 0 Å². The van der Waals surface area contributed by atoms with Gasteiger partial charge >= 0.3 is 0 Å². The van der Waals surface area contributed by atoms with Crippen LogP contribution in [0.25, 0.3) is 0 Å². The van der Waals surface area contributed by atoms with Crippen molar-refractivity contribution in [2.24, 2.45) is 0 Å². The van der Waals surface area contributed by atoms with Gasteiger partial charge in [-0.15, -0.1) is 0 Å². The maximum Gasteiger partial charge on any atom is 0.161 e. The molecule has 0 aromatic rings. The molecule has 1 unspecified atom stereocenters. The maximum absolute atomic E-state index is 9.61.